The molecule has 0 spiro atoms. The Hall–Kier alpha value is -0.480. The van der Waals surface area contributed by atoms with Gasteiger partial charge in [-0.25, -0.2) is 9.97 Å². The molecule has 1 aromatic heterocycles. The van der Waals surface area contributed by atoms with Crippen LogP contribution in [0.3, 0.4) is 0 Å². The van der Waals surface area contributed by atoms with E-state index in [4.69, 9.17) is 11.6 Å². The molecule has 0 aliphatic carbocycles. The van der Waals surface area contributed by atoms with Crippen molar-refractivity contribution in [2.75, 3.05) is 17.6 Å². The average molecular weight is 272 g/mol. The molecule has 0 saturated carbocycles. The van der Waals surface area contributed by atoms with Crippen LogP contribution in [0, 0.1) is 0 Å². The van der Waals surface area contributed by atoms with E-state index in [-0.39, 0.29) is 0 Å². The summed E-state index contributed by atoms with van der Waals surface area (Å²) in [4.78, 5) is 8.36. The van der Waals surface area contributed by atoms with Gasteiger partial charge in [0.15, 0.2) is 0 Å². The van der Waals surface area contributed by atoms with Crippen molar-refractivity contribution in [3.63, 3.8) is 0 Å². The highest BCUT2D eigenvalue weighted by molar-refractivity contribution is 8.00. The molecule has 17 heavy (non-hydrogen) atoms. The molecule has 94 valence electrons. The van der Waals surface area contributed by atoms with Crippen LogP contribution in [0.5, 0.6) is 0 Å². The molecule has 0 amide bonds. The maximum absolute atomic E-state index is 6.12. The van der Waals surface area contributed by atoms with E-state index >= 15 is 0 Å². The summed E-state index contributed by atoms with van der Waals surface area (Å²) in [5.74, 6) is 2.52. The van der Waals surface area contributed by atoms with Crippen LogP contribution >= 0.6 is 23.4 Å². The van der Waals surface area contributed by atoms with Crippen LogP contribution in [0.1, 0.15) is 38.2 Å². The van der Waals surface area contributed by atoms with E-state index in [1.165, 1.54) is 24.9 Å². The standard InChI is InChI=1S/C12H18ClN3S/c1-8(2)10-11(13)15-7-16-12(10)14-6-9-4-3-5-17-9/h7-9H,3-6H2,1-2H3,(H,14,15,16). The minimum absolute atomic E-state index is 0.336. The third-order valence-electron chi connectivity index (χ3n) is 2.93. The summed E-state index contributed by atoms with van der Waals surface area (Å²) >= 11 is 8.16. The van der Waals surface area contributed by atoms with Crippen molar-refractivity contribution in [1.82, 2.24) is 9.97 Å². The molecular weight excluding hydrogens is 254 g/mol. The maximum atomic E-state index is 6.12. The molecule has 5 heteroatoms. The minimum Gasteiger partial charge on any atom is -0.369 e. The van der Waals surface area contributed by atoms with Gasteiger partial charge < -0.3 is 5.32 Å². The molecule has 1 unspecified atom stereocenters. The van der Waals surface area contributed by atoms with Crippen molar-refractivity contribution in [2.45, 2.75) is 37.9 Å². The third kappa shape index (κ3) is 3.26. The van der Waals surface area contributed by atoms with E-state index in [0.29, 0.717) is 16.3 Å². The summed E-state index contributed by atoms with van der Waals surface area (Å²) in [5.41, 5.74) is 1.03. The quantitative estimate of drug-likeness (QED) is 0.850. The number of hydrogen-bond donors (Lipinski definition) is 1. The second-order valence-corrected chi connectivity index (χ2v) is 6.36. The maximum Gasteiger partial charge on any atom is 0.138 e. The van der Waals surface area contributed by atoms with Crippen LogP contribution in [0.4, 0.5) is 5.82 Å². The number of thioether (sulfide) groups is 1. The van der Waals surface area contributed by atoms with Crippen LogP contribution in [-0.4, -0.2) is 27.5 Å². The first-order valence-electron chi connectivity index (χ1n) is 6.04. The molecule has 1 atom stereocenters. The highest BCUT2D eigenvalue weighted by Gasteiger charge is 2.18. The largest absolute Gasteiger partial charge is 0.369 e. The Kier molecular flexibility index (Phi) is 4.51. The van der Waals surface area contributed by atoms with Crippen LogP contribution in [0.25, 0.3) is 0 Å². The van der Waals surface area contributed by atoms with Gasteiger partial charge in [0.2, 0.25) is 0 Å². The van der Waals surface area contributed by atoms with E-state index < -0.39 is 0 Å². The molecule has 1 aliphatic rings. The summed E-state index contributed by atoms with van der Waals surface area (Å²) < 4.78 is 0. The Bertz CT molecular complexity index is 378. The lowest BCUT2D eigenvalue weighted by Crippen LogP contribution is -2.16. The van der Waals surface area contributed by atoms with Gasteiger partial charge in [-0.3, -0.25) is 0 Å². The van der Waals surface area contributed by atoms with E-state index in [1.807, 2.05) is 11.8 Å². The molecule has 0 radical (unpaired) electrons. The van der Waals surface area contributed by atoms with E-state index in [0.717, 1.165) is 17.9 Å². The number of anilines is 1. The van der Waals surface area contributed by atoms with Gasteiger partial charge in [0.05, 0.1) is 0 Å². The summed E-state index contributed by atoms with van der Waals surface area (Å²) in [7, 11) is 0. The molecule has 1 aromatic rings. The molecule has 1 fully saturated rings. The van der Waals surface area contributed by atoms with E-state index in [1.54, 1.807) is 0 Å². The Morgan fingerprint density at radius 2 is 2.35 bits per heavy atom. The smallest absolute Gasteiger partial charge is 0.138 e. The van der Waals surface area contributed by atoms with Gasteiger partial charge in [-0.1, -0.05) is 25.4 Å². The van der Waals surface area contributed by atoms with Gasteiger partial charge in [-0.2, -0.15) is 11.8 Å². The first-order chi connectivity index (χ1) is 8.18. The second-order valence-electron chi connectivity index (χ2n) is 4.60. The Balaban J connectivity index is 2.06. The van der Waals surface area contributed by atoms with Gasteiger partial charge in [0, 0.05) is 17.4 Å². The molecule has 0 aromatic carbocycles. The fraction of sp³-hybridized carbons (Fsp3) is 0.667. The van der Waals surface area contributed by atoms with Gasteiger partial charge in [-0.05, 0) is 24.5 Å². The predicted octanol–water partition coefficient (Wildman–Crippen LogP) is 3.56. The van der Waals surface area contributed by atoms with Crippen molar-refractivity contribution in [3.05, 3.63) is 17.0 Å². The van der Waals surface area contributed by atoms with E-state index in [2.05, 4.69) is 29.1 Å². The fourth-order valence-corrected chi connectivity index (χ4v) is 3.59. The third-order valence-corrected chi connectivity index (χ3v) is 4.63. The Labute approximate surface area is 112 Å². The Morgan fingerprint density at radius 1 is 1.53 bits per heavy atom. The van der Waals surface area contributed by atoms with Crippen LogP contribution < -0.4 is 5.32 Å². The number of rotatable bonds is 4. The first-order valence-corrected chi connectivity index (χ1v) is 7.47. The number of aromatic nitrogens is 2. The van der Waals surface area contributed by atoms with Gasteiger partial charge in [0.1, 0.15) is 17.3 Å². The predicted molar refractivity (Wildman–Crippen MR) is 75.1 cm³/mol. The number of nitrogens with one attached hydrogen (secondary N) is 1. The van der Waals surface area contributed by atoms with Gasteiger partial charge >= 0.3 is 0 Å². The van der Waals surface area contributed by atoms with Crippen molar-refractivity contribution in [1.29, 1.82) is 0 Å². The fourth-order valence-electron chi connectivity index (χ4n) is 2.04. The summed E-state index contributed by atoms with van der Waals surface area (Å²) in [5, 5.41) is 4.70. The lowest BCUT2D eigenvalue weighted by Gasteiger charge is -2.16. The monoisotopic (exact) mass is 271 g/mol. The summed E-state index contributed by atoms with van der Waals surface area (Å²) in [6.07, 6.45) is 4.16. The van der Waals surface area contributed by atoms with Gasteiger partial charge in [0.25, 0.3) is 0 Å². The molecule has 1 saturated heterocycles. The highest BCUT2D eigenvalue weighted by atomic mass is 35.5. The van der Waals surface area contributed by atoms with Crippen LogP contribution in [-0.2, 0) is 0 Å². The van der Waals surface area contributed by atoms with Crippen LogP contribution in [0.2, 0.25) is 5.15 Å². The molecule has 1 N–H and O–H groups in total. The molecule has 0 bridgehead atoms. The molecule has 3 nitrogen and oxygen atoms in total. The number of halogens is 1. The summed E-state index contributed by atoms with van der Waals surface area (Å²) in [6.45, 7) is 5.19. The first kappa shape index (κ1) is 13.0. The van der Waals surface area contributed by atoms with Gasteiger partial charge in [-0.15, -0.1) is 0 Å². The zero-order valence-corrected chi connectivity index (χ0v) is 11.8. The average Bonchev–Trinajstić information content (AvgIpc) is 2.78. The SMILES string of the molecule is CC(C)c1c(Cl)ncnc1NCC1CCCS1. The summed E-state index contributed by atoms with van der Waals surface area (Å²) in [6, 6.07) is 0. The van der Waals surface area contributed by atoms with Crippen molar-refractivity contribution >= 4 is 29.2 Å². The van der Waals surface area contributed by atoms with Crippen molar-refractivity contribution < 1.29 is 0 Å². The normalized spacial score (nSPS) is 19.9. The zero-order valence-electron chi connectivity index (χ0n) is 10.2. The number of nitrogens with zero attached hydrogens (tertiary/aromatic N) is 2. The molecule has 2 rings (SSSR count). The molecule has 1 aliphatic heterocycles. The van der Waals surface area contributed by atoms with Crippen molar-refractivity contribution in [2.24, 2.45) is 0 Å². The topological polar surface area (TPSA) is 37.8 Å². The second kappa shape index (κ2) is 5.91. The van der Waals surface area contributed by atoms with E-state index in [9.17, 15) is 0 Å². The van der Waals surface area contributed by atoms with Crippen molar-refractivity contribution in [3.8, 4) is 0 Å². The minimum atomic E-state index is 0.336. The molecule has 2 heterocycles. The molecular formula is C12H18ClN3S. The number of hydrogen-bond acceptors (Lipinski definition) is 4. The van der Waals surface area contributed by atoms with Crippen LogP contribution in [0.15, 0.2) is 6.33 Å². The zero-order chi connectivity index (χ0) is 12.3. The lowest BCUT2D eigenvalue weighted by molar-refractivity contribution is 0.795. The Morgan fingerprint density at radius 3 is 3.00 bits per heavy atom. The lowest BCUT2D eigenvalue weighted by atomic mass is 10.1. The highest BCUT2D eigenvalue weighted by Crippen LogP contribution is 2.30.